The van der Waals surface area contributed by atoms with Crippen molar-refractivity contribution in [2.24, 2.45) is 0 Å². The fourth-order valence-electron chi connectivity index (χ4n) is 1.28. The number of hydrogen-bond acceptors (Lipinski definition) is 3. The molecule has 0 spiro atoms. The number of amides is 2. The normalized spacial score (nSPS) is 10.2. The lowest BCUT2D eigenvalue weighted by Gasteiger charge is -2.08. The molecule has 110 valence electrons. The van der Waals surface area contributed by atoms with Crippen LogP contribution in [0.5, 0.6) is 0 Å². The number of hydrogen-bond donors (Lipinski definition) is 2. The van der Waals surface area contributed by atoms with E-state index in [2.05, 4.69) is 5.32 Å². The molecule has 0 radical (unpaired) electrons. The first kappa shape index (κ1) is 16.4. The van der Waals surface area contributed by atoms with Gasteiger partial charge in [-0.15, -0.1) is 0 Å². The van der Waals surface area contributed by atoms with Crippen LogP contribution in [0, 0.1) is 17.5 Å². The van der Waals surface area contributed by atoms with E-state index in [1.54, 1.807) is 0 Å². The molecule has 20 heavy (non-hydrogen) atoms. The first-order valence-corrected chi connectivity index (χ1v) is 7.04. The number of carbonyl (C=O) groups is 2. The molecular formula is C12H13F3N2O2S. The van der Waals surface area contributed by atoms with Gasteiger partial charge >= 0.3 is 0 Å². The summed E-state index contributed by atoms with van der Waals surface area (Å²) < 4.78 is 38.9. The maximum atomic E-state index is 13.3. The van der Waals surface area contributed by atoms with Crippen LogP contribution < -0.4 is 10.6 Å². The quantitative estimate of drug-likeness (QED) is 0.789. The van der Waals surface area contributed by atoms with Crippen molar-refractivity contribution in [3.05, 3.63) is 29.6 Å². The van der Waals surface area contributed by atoms with Gasteiger partial charge in [0.25, 0.3) is 0 Å². The molecule has 2 N–H and O–H groups in total. The Labute approximate surface area is 118 Å². The third kappa shape index (κ3) is 4.76. The van der Waals surface area contributed by atoms with E-state index in [1.165, 1.54) is 11.8 Å². The first-order valence-electron chi connectivity index (χ1n) is 5.64. The van der Waals surface area contributed by atoms with Crippen LogP contribution in [-0.4, -0.2) is 30.4 Å². The van der Waals surface area contributed by atoms with E-state index < -0.39 is 29.0 Å². The number of nitrogens with one attached hydrogen (secondary N) is 2. The summed E-state index contributed by atoms with van der Waals surface area (Å²) in [5.41, 5.74) is -0.479. The molecule has 1 rings (SSSR count). The van der Waals surface area contributed by atoms with Gasteiger partial charge in [0, 0.05) is 12.2 Å². The zero-order valence-electron chi connectivity index (χ0n) is 10.6. The lowest BCUT2D eigenvalue weighted by Crippen LogP contribution is -2.33. The summed E-state index contributed by atoms with van der Waals surface area (Å²) >= 11 is 1.48. The Hall–Kier alpha value is -1.70. The van der Waals surface area contributed by atoms with Crippen molar-refractivity contribution in [1.29, 1.82) is 0 Å². The van der Waals surface area contributed by atoms with Gasteiger partial charge in [-0.1, -0.05) is 0 Å². The summed E-state index contributed by atoms with van der Waals surface area (Å²) in [6.45, 7) is -0.369. The minimum absolute atomic E-state index is 0.258. The average molecular weight is 306 g/mol. The van der Waals surface area contributed by atoms with Crippen molar-refractivity contribution in [2.75, 3.05) is 23.9 Å². The Kier molecular flexibility index (Phi) is 6.37. The molecule has 4 nitrogen and oxygen atoms in total. The van der Waals surface area contributed by atoms with Gasteiger partial charge in [-0.2, -0.15) is 11.8 Å². The Bertz CT molecular complexity index is 512. The van der Waals surface area contributed by atoms with E-state index in [0.717, 1.165) is 6.07 Å². The van der Waals surface area contributed by atoms with Gasteiger partial charge in [-0.3, -0.25) is 9.59 Å². The van der Waals surface area contributed by atoms with Gasteiger partial charge in [0.2, 0.25) is 11.8 Å². The van der Waals surface area contributed by atoms with Gasteiger partial charge in [-0.05, 0) is 18.4 Å². The molecule has 0 aliphatic heterocycles. The summed E-state index contributed by atoms with van der Waals surface area (Å²) in [5, 5.41) is 4.38. The molecule has 0 unspecified atom stereocenters. The lowest BCUT2D eigenvalue weighted by molar-refractivity contribution is -0.123. The van der Waals surface area contributed by atoms with E-state index in [1.807, 2.05) is 11.6 Å². The summed E-state index contributed by atoms with van der Waals surface area (Å²) in [5.74, 6) is -4.91. The number of anilines is 1. The molecule has 0 bridgehead atoms. The minimum atomic E-state index is -1.66. The van der Waals surface area contributed by atoms with E-state index >= 15 is 0 Å². The highest BCUT2D eigenvalue weighted by Gasteiger charge is 2.15. The van der Waals surface area contributed by atoms with Crippen LogP contribution in [0.2, 0.25) is 0 Å². The van der Waals surface area contributed by atoms with E-state index in [4.69, 9.17) is 0 Å². The Morgan fingerprint density at radius 1 is 1.15 bits per heavy atom. The zero-order valence-corrected chi connectivity index (χ0v) is 11.5. The molecule has 0 saturated heterocycles. The largest absolute Gasteiger partial charge is 0.347 e. The van der Waals surface area contributed by atoms with Crippen LogP contribution in [0.4, 0.5) is 18.9 Å². The van der Waals surface area contributed by atoms with Crippen LogP contribution in [0.15, 0.2) is 12.1 Å². The second-order valence-electron chi connectivity index (χ2n) is 3.79. The predicted molar refractivity (Wildman–Crippen MR) is 71.0 cm³/mol. The van der Waals surface area contributed by atoms with Gasteiger partial charge in [0.15, 0.2) is 17.5 Å². The molecule has 0 atom stereocenters. The Balaban J connectivity index is 2.51. The zero-order chi connectivity index (χ0) is 15.1. The maximum absolute atomic E-state index is 13.3. The van der Waals surface area contributed by atoms with Gasteiger partial charge < -0.3 is 10.6 Å². The number of halogens is 3. The lowest BCUT2D eigenvalue weighted by atomic mass is 10.2. The third-order valence-corrected chi connectivity index (χ3v) is 2.90. The second-order valence-corrected chi connectivity index (χ2v) is 4.78. The molecule has 1 aromatic rings. The van der Waals surface area contributed by atoms with Crippen LogP contribution >= 0.6 is 11.8 Å². The van der Waals surface area contributed by atoms with Crippen molar-refractivity contribution in [1.82, 2.24) is 5.32 Å². The van der Waals surface area contributed by atoms with E-state index in [9.17, 15) is 22.8 Å². The highest BCUT2D eigenvalue weighted by Crippen LogP contribution is 2.19. The van der Waals surface area contributed by atoms with E-state index in [0.29, 0.717) is 11.8 Å². The van der Waals surface area contributed by atoms with Crippen molar-refractivity contribution in [3.8, 4) is 0 Å². The first-order chi connectivity index (χ1) is 9.45. The average Bonchev–Trinajstić information content (AvgIpc) is 2.43. The fourth-order valence-corrected chi connectivity index (χ4v) is 1.67. The number of carbonyl (C=O) groups excluding carboxylic acids is 2. The number of rotatable bonds is 6. The molecule has 0 aromatic heterocycles. The summed E-state index contributed by atoms with van der Waals surface area (Å²) in [4.78, 5) is 22.7. The molecule has 1 aromatic carbocycles. The van der Waals surface area contributed by atoms with E-state index in [-0.39, 0.29) is 18.9 Å². The molecule has 0 heterocycles. The fraction of sp³-hybridized carbons (Fsp3) is 0.333. The summed E-state index contributed by atoms with van der Waals surface area (Å²) in [6, 6.07) is 1.60. The molecule has 0 saturated carbocycles. The predicted octanol–water partition coefficient (Wildman–Crippen LogP) is 1.91. The van der Waals surface area contributed by atoms with Crippen molar-refractivity contribution in [2.45, 2.75) is 6.42 Å². The van der Waals surface area contributed by atoms with Gasteiger partial charge in [-0.25, -0.2) is 13.2 Å². The molecule has 0 aliphatic carbocycles. The van der Waals surface area contributed by atoms with Crippen LogP contribution in [-0.2, 0) is 9.59 Å². The SMILES string of the molecule is CSCCC(=O)NCC(=O)Nc1ccc(F)c(F)c1F. The Morgan fingerprint density at radius 3 is 2.50 bits per heavy atom. The smallest absolute Gasteiger partial charge is 0.243 e. The number of thioether (sulfide) groups is 1. The summed E-state index contributed by atoms with van der Waals surface area (Å²) in [7, 11) is 0. The van der Waals surface area contributed by atoms with Crippen molar-refractivity contribution in [3.63, 3.8) is 0 Å². The topological polar surface area (TPSA) is 58.2 Å². The molecule has 2 amide bonds. The maximum Gasteiger partial charge on any atom is 0.243 e. The van der Waals surface area contributed by atoms with Gasteiger partial charge in [0.05, 0.1) is 12.2 Å². The molecular weight excluding hydrogens is 293 g/mol. The Morgan fingerprint density at radius 2 is 1.85 bits per heavy atom. The minimum Gasteiger partial charge on any atom is -0.347 e. The van der Waals surface area contributed by atoms with Crippen molar-refractivity contribution < 1.29 is 22.8 Å². The number of benzene rings is 1. The summed E-state index contributed by atoms with van der Waals surface area (Å²) in [6.07, 6.45) is 2.10. The van der Waals surface area contributed by atoms with Crippen LogP contribution in [0.1, 0.15) is 6.42 Å². The standard InChI is InChI=1S/C12H13F3N2O2S/c1-20-5-4-9(18)16-6-10(19)17-8-3-2-7(13)11(14)12(8)15/h2-3H,4-6H2,1H3,(H,16,18)(H,17,19). The van der Waals surface area contributed by atoms with Crippen LogP contribution in [0.25, 0.3) is 0 Å². The monoisotopic (exact) mass is 306 g/mol. The highest BCUT2D eigenvalue weighted by atomic mass is 32.2. The van der Waals surface area contributed by atoms with Crippen molar-refractivity contribution >= 4 is 29.3 Å². The third-order valence-electron chi connectivity index (χ3n) is 2.29. The molecule has 8 heteroatoms. The highest BCUT2D eigenvalue weighted by molar-refractivity contribution is 7.98. The molecule has 0 fully saturated rings. The second kappa shape index (κ2) is 7.78. The van der Waals surface area contributed by atoms with Gasteiger partial charge in [0.1, 0.15) is 0 Å². The van der Waals surface area contributed by atoms with Crippen LogP contribution in [0.3, 0.4) is 0 Å². The molecule has 0 aliphatic rings.